The standard InChI is InChI=1S/C17H17Cl2NO4S/c18-13-6-4-12(5-7-13)10-17(8-9-24-11-17)20-25(22,23)15-3-1-2-14(19)16(15)21/h1-7,20-21H,8-11H2. The van der Waals surface area contributed by atoms with Crippen LogP contribution in [0.5, 0.6) is 5.75 Å². The average Bonchev–Trinajstić information content (AvgIpc) is 2.99. The number of phenolic OH excluding ortho intramolecular Hbond substituents is 1. The number of hydrogen-bond donors (Lipinski definition) is 2. The van der Waals surface area contributed by atoms with Crippen molar-refractivity contribution in [2.75, 3.05) is 13.2 Å². The van der Waals surface area contributed by atoms with Crippen molar-refractivity contribution < 1.29 is 18.3 Å². The van der Waals surface area contributed by atoms with Crippen LogP contribution in [0.4, 0.5) is 0 Å². The van der Waals surface area contributed by atoms with Gasteiger partial charge >= 0.3 is 0 Å². The fourth-order valence-electron chi connectivity index (χ4n) is 2.91. The molecule has 0 aromatic heterocycles. The fraction of sp³-hybridized carbons (Fsp3) is 0.294. The van der Waals surface area contributed by atoms with E-state index in [4.69, 9.17) is 27.9 Å². The Morgan fingerprint density at radius 2 is 1.88 bits per heavy atom. The third kappa shape index (κ3) is 4.10. The molecule has 3 rings (SSSR count). The summed E-state index contributed by atoms with van der Waals surface area (Å²) in [5.41, 5.74) is 0.148. The molecule has 1 unspecified atom stereocenters. The fourth-order valence-corrected chi connectivity index (χ4v) is 4.80. The van der Waals surface area contributed by atoms with Gasteiger partial charge in [0, 0.05) is 11.6 Å². The van der Waals surface area contributed by atoms with Gasteiger partial charge in [-0.1, -0.05) is 41.4 Å². The molecule has 1 aliphatic heterocycles. The lowest BCUT2D eigenvalue weighted by atomic mass is 9.91. The van der Waals surface area contributed by atoms with Gasteiger partial charge in [0.15, 0.2) is 5.75 Å². The molecule has 1 fully saturated rings. The molecule has 1 aliphatic rings. The molecule has 5 nitrogen and oxygen atoms in total. The third-order valence-corrected chi connectivity index (χ3v) is 6.32. The second kappa shape index (κ2) is 7.13. The molecule has 0 saturated carbocycles. The number of hydrogen-bond acceptors (Lipinski definition) is 4. The lowest BCUT2D eigenvalue weighted by Gasteiger charge is -2.29. The monoisotopic (exact) mass is 401 g/mol. The largest absolute Gasteiger partial charge is 0.505 e. The van der Waals surface area contributed by atoms with E-state index in [-0.39, 0.29) is 16.5 Å². The quantitative estimate of drug-likeness (QED) is 0.804. The Morgan fingerprint density at radius 1 is 1.16 bits per heavy atom. The Balaban J connectivity index is 1.91. The van der Waals surface area contributed by atoms with Gasteiger partial charge in [-0.15, -0.1) is 0 Å². The zero-order valence-corrected chi connectivity index (χ0v) is 15.5. The number of phenols is 1. The number of para-hydroxylation sites is 1. The van der Waals surface area contributed by atoms with E-state index in [1.165, 1.54) is 18.2 Å². The number of benzene rings is 2. The van der Waals surface area contributed by atoms with E-state index in [1.807, 2.05) is 12.1 Å². The minimum atomic E-state index is -3.97. The summed E-state index contributed by atoms with van der Waals surface area (Å²) in [6.45, 7) is 0.702. The third-order valence-electron chi connectivity index (χ3n) is 4.15. The van der Waals surface area contributed by atoms with E-state index in [0.717, 1.165) is 5.56 Å². The van der Waals surface area contributed by atoms with Crippen molar-refractivity contribution in [2.45, 2.75) is 23.3 Å². The molecule has 2 N–H and O–H groups in total. The van der Waals surface area contributed by atoms with Gasteiger partial charge in [0.1, 0.15) is 4.90 Å². The maximum Gasteiger partial charge on any atom is 0.244 e. The van der Waals surface area contributed by atoms with Gasteiger partial charge in [0.25, 0.3) is 0 Å². The van der Waals surface area contributed by atoms with Gasteiger partial charge in [-0.25, -0.2) is 13.1 Å². The van der Waals surface area contributed by atoms with Crippen molar-refractivity contribution in [1.29, 1.82) is 0 Å². The van der Waals surface area contributed by atoms with Gasteiger partial charge in [-0.3, -0.25) is 0 Å². The number of rotatable bonds is 5. The maximum absolute atomic E-state index is 12.8. The Kier molecular flexibility index (Phi) is 5.27. The summed E-state index contributed by atoms with van der Waals surface area (Å²) in [6, 6.07) is 11.5. The van der Waals surface area contributed by atoms with Gasteiger partial charge in [0.05, 0.1) is 17.2 Å². The second-order valence-corrected chi connectivity index (χ2v) is 8.57. The summed E-state index contributed by atoms with van der Waals surface area (Å²) in [5, 5.41) is 10.6. The molecule has 1 heterocycles. The topological polar surface area (TPSA) is 75.6 Å². The van der Waals surface area contributed by atoms with Crippen molar-refractivity contribution in [2.24, 2.45) is 0 Å². The minimum Gasteiger partial charge on any atom is -0.505 e. The number of halogens is 2. The zero-order valence-electron chi connectivity index (χ0n) is 13.2. The van der Waals surface area contributed by atoms with Gasteiger partial charge < -0.3 is 9.84 Å². The molecule has 0 aliphatic carbocycles. The Labute approximate surface area is 156 Å². The predicted octanol–water partition coefficient (Wildman–Crippen LogP) is 3.38. The van der Waals surface area contributed by atoms with E-state index >= 15 is 0 Å². The van der Waals surface area contributed by atoms with Crippen LogP contribution in [0, 0.1) is 0 Å². The predicted molar refractivity (Wildman–Crippen MR) is 96.8 cm³/mol. The maximum atomic E-state index is 12.8. The molecule has 25 heavy (non-hydrogen) atoms. The summed E-state index contributed by atoms with van der Waals surface area (Å²) in [5.74, 6) is -0.461. The van der Waals surface area contributed by atoms with Crippen LogP contribution in [-0.2, 0) is 21.2 Å². The van der Waals surface area contributed by atoms with Gasteiger partial charge in [-0.05, 0) is 42.7 Å². The highest BCUT2D eigenvalue weighted by atomic mass is 35.5. The normalized spacial score (nSPS) is 20.7. The molecular weight excluding hydrogens is 385 g/mol. The molecule has 1 saturated heterocycles. The van der Waals surface area contributed by atoms with E-state index in [1.54, 1.807) is 12.1 Å². The average molecular weight is 402 g/mol. The SMILES string of the molecule is O=S(=O)(NC1(Cc2ccc(Cl)cc2)CCOC1)c1cccc(Cl)c1O. The van der Waals surface area contributed by atoms with Crippen LogP contribution in [0.25, 0.3) is 0 Å². The highest BCUT2D eigenvalue weighted by molar-refractivity contribution is 7.89. The molecule has 2 aromatic carbocycles. The molecular formula is C17H17Cl2NO4S. The lowest BCUT2D eigenvalue weighted by molar-refractivity contribution is 0.173. The molecule has 0 amide bonds. The van der Waals surface area contributed by atoms with Crippen molar-refractivity contribution in [3.05, 3.63) is 58.1 Å². The van der Waals surface area contributed by atoms with E-state index in [9.17, 15) is 13.5 Å². The lowest BCUT2D eigenvalue weighted by Crippen LogP contribution is -2.50. The van der Waals surface area contributed by atoms with E-state index in [2.05, 4.69) is 4.72 Å². The first-order chi connectivity index (χ1) is 11.8. The summed E-state index contributed by atoms with van der Waals surface area (Å²) >= 11 is 11.7. The van der Waals surface area contributed by atoms with Crippen LogP contribution >= 0.6 is 23.2 Å². The number of ether oxygens (including phenoxy) is 1. The van der Waals surface area contributed by atoms with Crippen molar-refractivity contribution in [3.63, 3.8) is 0 Å². The smallest absolute Gasteiger partial charge is 0.244 e. The Morgan fingerprint density at radius 3 is 2.52 bits per heavy atom. The first-order valence-corrected chi connectivity index (χ1v) is 9.89. The first-order valence-electron chi connectivity index (χ1n) is 7.65. The summed E-state index contributed by atoms with van der Waals surface area (Å²) < 4.78 is 33.8. The minimum absolute atomic E-state index is 0.0164. The van der Waals surface area contributed by atoms with Gasteiger partial charge in [-0.2, -0.15) is 0 Å². The van der Waals surface area contributed by atoms with Crippen molar-refractivity contribution in [3.8, 4) is 5.75 Å². The summed E-state index contributed by atoms with van der Waals surface area (Å²) in [7, 11) is -3.97. The number of nitrogens with one attached hydrogen (secondary N) is 1. The van der Waals surface area contributed by atoms with Crippen molar-refractivity contribution >= 4 is 33.2 Å². The number of sulfonamides is 1. The first kappa shape index (κ1) is 18.5. The van der Waals surface area contributed by atoms with Gasteiger partial charge in [0.2, 0.25) is 10.0 Å². The van der Waals surface area contributed by atoms with Crippen LogP contribution in [0.1, 0.15) is 12.0 Å². The van der Waals surface area contributed by atoms with E-state index in [0.29, 0.717) is 24.5 Å². The Hall–Kier alpha value is -1.31. The molecule has 8 heteroatoms. The highest BCUT2D eigenvalue weighted by Crippen LogP contribution is 2.33. The summed E-state index contributed by atoms with van der Waals surface area (Å²) in [6.07, 6.45) is 0.973. The van der Waals surface area contributed by atoms with Crippen LogP contribution in [-0.4, -0.2) is 32.3 Å². The molecule has 0 bridgehead atoms. The number of aromatic hydroxyl groups is 1. The van der Waals surface area contributed by atoms with Crippen LogP contribution in [0.15, 0.2) is 47.4 Å². The highest BCUT2D eigenvalue weighted by Gasteiger charge is 2.40. The van der Waals surface area contributed by atoms with Crippen LogP contribution in [0.2, 0.25) is 10.0 Å². The molecule has 0 radical (unpaired) electrons. The Bertz CT molecular complexity index is 863. The molecule has 2 aromatic rings. The van der Waals surface area contributed by atoms with Crippen LogP contribution < -0.4 is 4.72 Å². The molecule has 0 spiro atoms. The second-order valence-electron chi connectivity index (χ2n) is 6.08. The molecule has 1 atom stereocenters. The van der Waals surface area contributed by atoms with Crippen molar-refractivity contribution in [1.82, 2.24) is 4.72 Å². The zero-order chi connectivity index (χ0) is 18.1. The van der Waals surface area contributed by atoms with E-state index < -0.39 is 21.3 Å². The van der Waals surface area contributed by atoms with Crippen LogP contribution in [0.3, 0.4) is 0 Å². The summed E-state index contributed by atoms with van der Waals surface area (Å²) in [4.78, 5) is -0.248. The molecule has 134 valence electrons.